The number of hydrogen-bond acceptors (Lipinski definition) is 4. The van der Waals surface area contributed by atoms with Crippen LogP contribution in [-0.4, -0.2) is 45.2 Å². The number of piperidine rings is 1. The number of nitrogens with zero attached hydrogens (tertiary/aromatic N) is 1. The summed E-state index contributed by atoms with van der Waals surface area (Å²) in [4.78, 5) is 15.0. The van der Waals surface area contributed by atoms with E-state index in [2.05, 4.69) is 24.3 Å². The third-order valence-electron chi connectivity index (χ3n) is 5.21. The lowest BCUT2D eigenvalue weighted by Crippen LogP contribution is -2.39. The van der Waals surface area contributed by atoms with E-state index in [9.17, 15) is 4.79 Å². The lowest BCUT2D eigenvalue weighted by Gasteiger charge is -2.32. The van der Waals surface area contributed by atoms with Crippen LogP contribution in [0.5, 0.6) is 17.2 Å². The highest BCUT2D eigenvalue weighted by Gasteiger charge is 2.27. The smallest absolute Gasteiger partial charge is 0.257 e. The molecule has 5 nitrogen and oxygen atoms in total. The molecule has 0 atom stereocenters. The zero-order valence-corrected chi connectivity index (χ0v) is 16.2. The molecular weight excluding hydrogens is 342 g/mol. The van der Waals surface area contributed by atoms with Gasteiger partial charge < -0.3 is 19.1 Å². The second-order valence-electron chi connectivity index (χ2n) is 6.83. The molecule has 1 aliphatic rings. The number of benzene rings is 2. The van der Waals surface area contributed by atoms with Gasteiger partial charge in [-0.1, -0.05) is 30.3 Å². The summed E-state index contributed by atoms with van der Waals surface area (Å²) in [5.74, 6) is 2.17. The Bertz CT molecular complexity index is 767. The molecule has 3 rings (SSSR count). The summed E-state index contributed by atoms with van der Waals surface area (Å²) in [7, 11) is 4.69. The van der Waals surface area contributed by atoms with Gasteiger partial charge in [-0.05, 0) is 30.7 Å². The molecule has 1 fully saturated rings. The highest BCUT2D eigenvalue weighted by Crippen LogP contribution is 2.35. The molecule has 0 saturated carbocycles. The molecule has 0 aliphatic carbocycles. The Kier molecular flexibility index (Phi) is 6.22. The van der Waals surface area contributed by atoms with Crippen molar-refractivity contribution in [2.75, 3.05) is 34.4 Å². The summed E-state index contributed by atoms with van der Waals surface area (Å²) in [6.07, 6.45) is 3.09. The Morgan fingerprint density at radius 2 is 1.52 bits per heavy atom. The van der Waals surface area contributed by atoms with E-state index in [0.29, 0.717) is 28.7 Å². The van der Waals surface area contributed by atoms with Gasteiger partial charge in [-0.2, -0.15) is 0 Å². The lowest BCUT2D eigenvalue weighted by atomic mass is 9.90. The highest BCUT2D eigenvalue weighted by atomic mass is 16.5. The molecule has 1 heterocycles. The molecule has 144 valence electrons. The monoisotopic (exact) mass is 369 g/mol. The van der Waals surface area contributed by atoms with Crippen LogP contribution in [0.2, 0.25) is 0 Å². The van der Waals surface area contributed by atoms with Crippen LogP contribution in [-0.2, 0) is 6.42 Å². The summed E-state index contributed by atoms with van der Waals surface area (Å²) in [6, 6.07) is 14.0. The molecule has 0 radical (unpaired) electrons. The van der Waals surface area contributed by atoms with Crippen LogP contribution in [0, 0.1) is 5.92 Å². The largest absolute Gasteiger partial charge is 0.496 e. The van der Waals surface area contributed by atoms with E-state index in [1.807, 2.05) is 11.0 Å². The maximum atomic E-state index is 13.1. The zero-order valence-electron chi connectivity index (χ0n) is 16.2. The minimum absolute atomic E-state index is 0.0223. The van der Waals surface area contributed by atoms with Crippen LogP contribution in [0.4, 0.5) is 0 Å². The van der Waals surface area contributed by atoms with Gasteiger partial charge in [-0.15, -0.1) is 0 Å². The quantitative estimate of drug-likeness (QED) is 0.777. The first-order valence-electron chi connectivity index (χ1n) is 9.29. The minimum atomic E-state index is -0.0223. The molecule has 1 aliphatic heterocycles. The number of hydrogen-bond donors (Lipinski definition) is 0. The summed E-state index contributed by atoms with van der Waals surface area (Å²) < 4.78 is 16.1. The van der Waals surface area contributed by atoms with Gasteiger partial charge >= 0.3 is 0 Å². The van der Waals surface area contributed by atoms with Crippen LogP contribution in [0.15, 0.2) is 42.5 Å². The molecular formula is C22H27NO4. The third kappa shape index (κ3) is 4.35. The molecule has 0 bridgehead atoms. The number of ether oxygens (including phenoxy) is 3. The average molecular weight is 369 g/mol. The van der Waals surface area contributed by atoms with E-state index in [1.165, 1.54) is 5.56 Å². The average Bonchev–Trinajstić information content (AvgIpc) is 2.73. The number of amides is 1. The molecule has 2 aromatic rings. The van der Waals surface area contributed by atoms with E-state index < -0.39 is 0 Å². The van der Waals surface area contributed by atoms with Crippen LogP contribution in [0.1, 0.15) is 28.8 Å². The van der Waals surface area contributed by atoms with Gasteiger partial charge in [0, 0.05) is 25.2 Å². The van der Waals surface area contributed by atoms with Crippen molar-refractivity contribution in [2.24, 2.45) is 5.92 Å². The first-order valence-corrected chi connectivity index (χ1v) is 9.29. The summed E-state index contributed by atoms with van der Waals surface area (Å²) >= 11 is 0. The van der Waals surface area contributed by atoms with Crippen molar-refractivity contribution in [2.45, 2.75) is 19.3 Å². The van der Waals surface area contributed by atoms with Gasteiger partial charge in [0.25, 0.3) is 5.91 Å². The molecule has 0 N–H and O–H groups in total. The molecule has 27 heavy (non-hydrogen) atoms. The van der Waals surface area contributed by atoms with Gasteiger partial charge in [0.1, 0.15) is 5.75 Å². The van der Waals surface area contributed by atoms with Gasteiger partial charge in [-0.25, -0.2) is 0 Å². The predicted octanol–water partition coefficient (Wildman–Crippen LogP) is 3.81. The van der Waals surface area contributed by atoms with Gasteiger partial charge in [-0.3, -0.25) is 4.79 Å². The molecule has 1 amide bonds. The van der Waals surface area contributed by atoms with Gasteiger partial charge in [0.15, 0.2) is 11.5 Å². The van der Waals surface area contributed by atoms with Gasteiger partial charge in [0.05, 0.1) is 26.9 Å². The van der Waals surface area contributed by atoms with Crippen molar-refractivity contribution in [3.05, 3.63) is 53.6 Å². The van der Waals surface area contributed by atoms with Crippen LogP contribution in [0.25, 0.3) is 0 Å². The van der Waals surface area contributed by atoms with E-state index >= 15 is 0 Å². The maximum Gasteiger partial charge on any atom is 0.257 e. The molecule has 0 spiro atoms. The third-order valence-corrected chi connectivity index (χ3v) is 5.21. The van der Waals surface area contributed by atoms with Crippen LogP contribution < -0.4 is 14.2 Å². The Morgan fingerprint density at radius 3 is 2.11 bits per heavy atom. The van der Waals surface area contributed by atoms with Crippen molar-refractivity contribution in [1.29, 1.82) is 0 Å². The minimum Gasteiger partial charge on any atom is -0.496 e. The first kappa shape index (κ1) is 19.1. The predicted molar refractivity (Wildman–Crippen MR) is 105 cm³/mol. The molecule has 1 saturated heterocycles. The molecule has 5 heteroatoms. The van der Waals surface area contributed by atoms with Crippen molar-refractivity contribution < 1.29 is 19.0 Å². The fraction of sp³-hybridized carbons (Fsp3) is 0.409. The maximum absolute atomic E-state index is 13.1. The van der Waals surface area contributed by atoms with Gasteiger partial charge in [0.2, 0.25) is 0 Å². The van der Waals surface area contributed by atoms with E-state index in [1.54, 1.807) is 33.5 Å². The topological polar surface area (TPSA) is 48.0 Å². The standard InChI is InChI=1S/C22H27NO4/c1-25-19-15-21(27-3)20(26-2)14-18(19)22(24)23-11-9-17(10-12-23)13-16-7-5-4-6-8-16/h4-8,14-15,17H,9-13H2,1-3H3. The number of likely N-dealkylation sites (tertiary alicyclic amines) is 1. The number of carbonyl (C=O) groups excluding carboxylic acids is 1. The second kappa shape index (κ2) is 8.80. The Labute approximate surface area is 160 Å². The van der Waals surface area contributed by atoms with E-state index in [0.717, 1.165) is 32.4 Å². The molecule has 0 unspecified atom stereocenters. The van der Waals surface area contributed by atoms with Crippen molar-refractivity contribution >= 4 is 5.91 Å². The van der Waals surface area contributed by atoms with Crippen molar-refractivity contribution in [1.82, 2.24) is 4.90 Å². The highest BCUT2D eigenvalue weighted by molar-refractivity contribution is 5.98. The zero-order chi connectivity index (χ0) is 19.2. The Hall–Kier alpha value is -2.69. The molecule has 0 aromatic heterocycles. The van der Waals surface area contributed by atoms with E-state index in [-0.39, 0.29) is 5.91 Å². The number of rotatable bonds is 6. The first-order chi connectivity index (χ1) is 13.2. The fourth-order valence-electron chi connectivity index (χ4n) is 3.65. The van der Waals surface area contributed by atoms with Crippen molar-refractivity contribution in [3.8, 4) is 17.2 Å². The molecule has 2 aromatic carbocycles. The second-order valence-corrected chi connectivity index (χ2v) is 6.83. The summed E-state index contributed by atoms with van der Waals surface area (Å²) in [6.45, 7) is 1.52. The number of methoxy groups -OCH3 is 3. The fourth-order valence-corrected chi connectivity index (χ4v) is 3.65. The van der Waals surface area contributed by atoms with E-state index in [4.69, 9.17) is 14.2 Å². The summed E-state index contributed by atoms with van der Waals surface area (Å²) in [5, 5.41) is 0. The van der Waals surface area contributed by atoms with Crippen LogP contribution >= 0.6 is 0 Å². The Balaban J connectivity index is 1.68. The van der Waals surface area contributed by atoms with Crippen LogP contribution in [0.3, 0.4) is 0 Å². The summed E-state index contributed by atoms with van der Waals surface area (Å²) in [5.41, 5.74) is 1.88. The van der Waals surface area contributed by atoms with Crippen molar-refractivity contribution in [3.63, 3.8) is 0 Å². The Morgan fingerprint density at radius 1 is 0.926 bits per heavy atom. The lowest BCUT2D eigenvalue weighted by molar-refractivity contribution is 0.0686. The normalized spacial score (nSPS) is 14.7. The number of carbonyl (C=O) groups is 1. The SMILES string of the molecule is COc1cc(OC)c(C(=O)N2CCC(Cc3ccccc3)CC2)cc1OC.